The van der Waals surface area contributed by atoms with Crippen molar-refractivity contribution in [1.82, 2.24) is 4.98 Å². The van der Waals surface area contributed by atoms with E-state index in [1.165, 1.54) is 18.3 Å². The molecule has 12 heteroatoms. The summed E-state index contributed by atoms with van der Waals surface area (Å²) in [6.07, 6.45) is -2.38. The SMILES string of the molecule is [N-]=[N+]=N[C@H]1C(Oc2ncccc2[N+](=O)[O-])O[C@H](COCc2ccccc2)[C@@H](OCc2ccccc2)[C@@H]1OCc1ccccc1. The summed E-state index contributed by atoms with van der Waals surface area (Å²) in [5.74, 6) is -0.282. The van der Waals surface area contributed by atoms with Crippen LogP contribution in [0.1, 0.15) is 16.7 Å². The summed E-state index contributed by atoms with van der Waals surface area (Å²) in [6.45, 7) is 0.753. The summed E-state index contributed by atoms with van der Waals surface area (Å²) in [6, 6.07) is 30.3. The first-order chi connectivity index (χ1) is 21.6. The van der Waals surface area contributed by atoms with Crippen LogP contribution in [-0.4, -0.2) is 47.2 Å². The summed E-state index contributed by atoms with van der Waals surface area (Å²) >= 11 is 0. The van der Waals surface area contributed by atoms with Crippen molar-refractivity contribution in [2.24, 2.45) is 5.11 Å². The highest BCUT2D eigenvalue weighted by Crippen LogP contribution is 2.33. The van der Waals surface area contributed by atoms with Gasteiger partial charge in [0, 0.05) is 17.2 Å². The number of ether oxygens (including phenoxy) is 5. The highest BCUT2D eigenvalue weighted by molar-refractivity contribution is 5.40. The molecule has 2 heterocycles. The van der Waals surface area contributed by atoms with Gasteiger partial charge in [-0.15, -0.1) is 0 Å². The molecule has 44 heavy (non-hydrogen) atoms. The molecule has 5 rings (SSSR count). The average molecular weight is 598 g/mol. The summed E-state index contributed by atoms with van der Waals surface area (Å²) in [7, 11) is 0. The third-order valence-corrected chi connectivity index (χ3v) is 6.94. The Morgan fingerprint density at radius 3 is 1.95 bits per heavy atom. The van der Waals surface area contributed by atoms with E-state index in [1.807, 2.05) is 91.0 Å². The first-order valence-corrected chi connectivity index (χ1v) is 14.0. The largest absolute Gasteiger partial charge is 0.442 e. The lowest BCUT2D eigenvalue weighted by atomic mass is 9.96. The lowest BCUT2D eigenvalue weighted by molar-refractivity contribution is -0.387. The Kier molecular flexibility index (Phi) is 10.8. The molecule has 1 aliphatic heterocycles. The van der Waals surface area contributed by atoms with Crippen molar-refractivity contribution in [3.63, 3.8) is 0 Å². The molecule has 1 aliphatic rings. The second-order valence-electron chi connectivity index (χ2n) is 9.96. The van der Waals surface area contributed by atoms with E-state index in [1.54, 1.807) is 0 Å². The Labute approximate surface area is 253 Å². The van der Waals surface area contributed by atoms with E-state index >= 15 is 0 Å². The van der Waals surface area contributed by atoms with E-state index in [0.717, 1.165) is 16.7 Å². The smallest absolute Gasteiger partial charge is 0.331 e. The molecule has 0 aliphatic carbocycles. The number of azide groups is 1. The van der Waals surface area contributed by atoms with Crippen LogP contribution in [0.25, 0.3) is 10.4 Å². The number of hydrogen-bond donors (Lipinski definition) is 0. The van der Waals surface area contributed by atoms with Gasteiger partial charge in [0.15, 0.2) is 0 Å². The van der Waals surface area contributed by atoms with Crippen molar-refractivity contribution < 1.29 is 28.6 Å². The average Bonchev–Trinajstić information content (AvgIpc) is 3.06. The van der Waals surface area contributed by atoms with Gasteiger partial charge >= 0.3 is 5.69 Å². The van der Waals surface area contributed by atoms with Gasteiger partial charge in [-0.2, -0.15) is 0 Å². The van der Waals surface area contributed by atoms with Gasteiger partial charge in [-0.25, -0.2) is 4.98 Å². The van der Waals surface area contributed by atoms with E-state index in [0.29, 0.717) is 6.61 Å². The zero-order chi connectivity index (χ0) is 30.6. The molecule has 0 saturated carbocycles. The molecule has 0 radical (unpaired) electrons. The number of aromatic nitrogens is 1. The van der Waals surface area contributed by atoms with E-state index in [2.05, 4.69) is 15.0 Å². The van der Waals surface area contributed by atoms with Crippen molar-refractivity contribution >= 4 is 5.69 Å². The third kappa shape index (κ3) is 8.16. The molecule has 12 nitrogen and oxygen atoms in total. The van der Waals surface area contributed by atoms with Crippen molar-refractivity contribution in [3.8, 4) is 5.88 Å². The van der Waals surface area contributed by atoms with Crippen LogP contribution in [0.4, 0.5) is 5.69 Å². The van der Waals surface area contributed by atoms with E-state index in [4.69, 9.17) is 23.7 Å². The quantitative estimate of drug-likeness (QED) is 0.0551. The molecule has 3 aromatic carbocycles. The number of benzene rings is 3. The molecule has 0 bridgehead atoms. The van der Waals surface area contributed by atoms with Crippen molar-refractivity contribution in [3.05, 3.63) is 147 Å². The second-order valence-corrected chi connectivity index (χ2v) is 9.96. The van der Waals surface area contributed by atoms with Gasteiger partial charge in [0.1, 0.15) is 24.4 Å². The molecule has 0 spiro atoms. The van der Waals surface area contributed by atoms with Crippen LogP contribution >= 0.6 is 0 Å². The van der Waals surface area contributed by atoms with E-state index < -0.39 is 35.6 Å². The van der Waals surface area contributed by atoms with Gasteiger partial charge in [-0.3, -0.25) is 10.1 Å². The molecule has 1 aromatic heterocycles. The van der Waals surface area contributed by atoms with Crippen LogP contribution in [0.15, 0.2) is 114 Å². The molecule has 4 aromatic rings. The lowest BCUT2D eigenvalue weighted by Gasteiger charge is -2.44. The molecule has 0 amide bonds. The molecule has 0 N–H and O–H groups in total. The molecule has 1 unspecified atom stereocenters. The highest BCUT2D eigenvalue weighted by atomic mass is 16.7. The Morgan fingerprint density at radius 1 is 0.818 bits per heavy atom. The van der Waals surface area contributed by atoms with Gasteiger partial charge in [-0.05, 0) is 28.3 Å². The maximum absolute atomic E-state index is 11.7. The maximum Gasteiger partial charge on any atom is 0.331 e. The number of rotatable bonds is 14. The zero-order valence-electron chi connectivity index (χ0n) is 23.7. The fourth-order valence-corrected chi connectivity index (χ4v) is 4.82. The molecule has 226 valence electrons. The predicted molar refractivity (Wildman–Crippen MR) is 159 cm³/mol. The van der Waals surface area contributed by atoms with Crippen LogP contribution in [0.3, 0.4) is 0 Å². The third-order valence-electron chi connectivity index (χ3n) is 6.94. The zero-order valence-corrected chi connectivity index (χ0v) is 23.7. The minimum atomic E-state index is -1.30. The van der Waals surface area contributed by atoms with E-state index in [9.17, 15) is 15.6 Å². The molecule has 1 fully saturated rings. The van der Waals surface area contributed by atoms with Gasteiger partial charge in [0.2, 0.25) is 6.29 Å². The van der Waals surface area contributed by atoms with Gasteiger partial charge in [0.05, 0.1) is 31.4 Å². The molecular weight excluding hydrogens is 566 g/mol. The Balaban J connectivity index is 1.47. The topological polar surface area (TPSA) is 151 Å². The fourth-order valence-electron chi connectivity index (χ4n) is 4.82. The van der Waals surface area contributed by atoms with Crippen LogP contribution < -0.4 is 4.74 Å². The van der Waals surface area contributed by atoms with Gasteiger partial charge < -0.3 is 23.7 Å². The number of nitro groups is 1. The monoisotopic (exact) mass is 597 g/mol. The second kappa shape index (κ2) is 15.6. The Hall–Kier alpha value is -4.84. The number of nitrogens with zero attached hydrogens (tertiary/aromatic N) is 5. The van der Waals surface area contributed by atoms with Crippen LogP contribution in [0, 0.1) is 10.1 Å². The van der Waals surface area contributed by atoms with Crippen molar-refractivity contribution in [2.75, 3.05) is 6.61 Å². The Bertz CT molecular complexity index is 1520. The fraction of sp³-hybridized carbons (Fsp3) is 0.281. The van der Waals surface area contributed by atoms with Crippen LogP contribution in [0.2, 0.25) is 0 Å². The van der Waals surface area contributed by atoms with Gasteiger partial charge in [0.25, 0.3) is 5.88 Å². The maximum atomic E-state index is 11.7. The standard InChI is InChI=1S/C32H31N5O7/c33-36-35-28-30(42-21-25-15-8-3-9-16-25)29(41-20-24-13-6-2-7-14-24)27(22-40-19-23-11-4-1-5-12-23)43-32(28)44-31-26(37(38)39)17-10-18-34-31/h1-18,27-30,32H,19-22H2/t27-,28-,29-,30-,32?/m1/s1. The summed E-state index contributed by atoms with van der Waals surface area (Å²) in [5.41, 5.74) is 12.0. The first kappa shape index (κ1) is 30.6. The predicted octanol–water partition coefficient (Wildman–Crippen LogP) is 6.16. The summed E-state index contributed by atoms with van der Waals surface area (Å²) < 4.78 is 31.2. The number of pyridine rings is 1. The van der Waals surface area contributed by atoms with E-state index in [-0.39, 0.29) is 31.4 Å². The normalized spacial score (nSPS) is 21.2. The Morgan fingerprint density at radius 2 is 1.39 bits per heavy atom. The molecule has 5 atom stereocenters. The lowest BCUT2D eigenvalue weighted by Crippen LogP contribution is -2.61. The summed E-state index contributed by atoms with van der Waals surface area (Å²) in [5, 5.41) is 15.7. The van der Waals surface area contributed by atoms with Crippen molar-refractivity contribution in [2.45, 2.75) is 50.5 Å². The molecular formula is C32H31N5O7. The first-order valence-electron chi connectivity index (χ1n) is 14.0. The van der Waals surface area contributed by atoms with Gasteiger partial charge in [-0.1, -0.05) is 96.1 Å². The van der Waals surface area contributed by atoms with Crippen molar-refractivity contribution in [1.29, 1.82) is 0 Å². The number of hydrogen-bond acceptors (Lipinski definition) is 9. The minimum absolute atomic E-state index is 0.0622. The van der Waals surface area contributed by atoms with Crippen LogP contribution in [0.5, 0.6) is 5.88 Å². The highest BCUT2D eigenvalue weighted by Gasteiger charge is 2.49. The molecule has 1 saturated heterocycles. The summed E-state index contributed by atoms with van der Waals surface area (Å²) in [4.78, 5) is 18.2. The minimum Gasteiger partial charge on any atom is -0.442 e. The van der Waals surface area contributed by atoms with Crippen LogP contribution in [-0.2, 0) is 38.8 Å².